The Morgan fingerprint density at radius 3 is 2.92 bits per heavy atom. The van der Waals surface area contributed by atoms with E-state index in [0.717, 1.165) is 44.9 Å². The van der Waals surface area contributed by atoms with Crippen molar-refractivity contribution in [2.75, 3.05) is 13.7 Å². The van der Waals surface area contributed by atoms with Crippen molar-refractivity contribution < 1.29 is 19.1 Å². The Morgan fingerprint density at radius 2 is 2.20 bits per heavy atom. The number of carbonyl (C=O) groups is 2. The minimum atomic E-state index is -0.267. The van der Waals surface area contributed by atoms with Gasteiger partial charge in [0.15, 0.2) is 0 Å². The van der Waals surface area contributed by atoms with Crippen molar-refractivity contribution in [2.24, 2.45) is 17.3 Å². The predicted molar refractivity (Wildman–Crippen MR) is 92.8 cm³/mol. The standard InChI is InChI=1S/C20H27NO4/c1-19(16-6-8-20(11-16)12-25-18(23)21-20)7-5-13-9-14(17(22)24-2)3-4-15(13)10-19/h5,10,14,16H,3-4,6-9,11-12H2,1-2H3,(H,21,23)/t14?,16-,19?,20+/m0/s1. The molecule has 4 atom stereocenters. The van der Waals surface area contributed by atoms with Crippen molar-refractivity contribution in [2.45, 2.75) is 57.4 Å². The number of methoxy groups -OCH3 is 1. The van der Waals surface area contributed by atoms with Crippen molar-refractivity contribution in [1.82, 2.24) is 5.32 Å². The Labute approximate surface area is 148 Å². The smallest absolute Gasteiger partial charge is 0.407 e. The number of alkyl carbamates (subject to hydrolysis) is 1. The van der Waals surface area contributed by atoms with Crippen LogP contribution in [-0.2, 0) is 14.3 Å². The molecule has 0 aromatic rings. The van der Waals surface area contributed by atoms with Crippen LogP contribution < -0.4 is 5.32 Å². The summed E-state index contributed by atoms with van der Waals surface area (Å²) in [4.78, 5) is 23.3. The Bertz CT molecular complexity index is 667. The van der Waals surface area contributed by atoms with Crippen molar-refractivity contribution >= 4 is 12.1 Å². The van der Waals surface area contributed by atoms with E-state index in [-0.39, 0.29) is 28.9 Å². The average Bonchev–Trinajstić information content (AvgIpc) is 3.20. The molecule has 1 aliphatic heterocycles. The first-order chi connectivity index (χ1) is 11.9. The van der Waals surface area contributed by atoms with E-state index < -0.39 is 0 Å². The summed E-state index contributed by atoms with van der Waals surface area (Å²) in [5.41, 5.74) is 2.75. The number of rotatable bonds is 2. The summed E-state index contributed by atoms with van der Waals surface area (Å²) < 4.78 is 10.1. The van der Waals surface area contributed by atoms with Crippen LogP contribution >= 0.6 is 0 Å². The Morgan fingerprint density at radius 1 is 1.36 bits per heavy atom. The summed E-state index contributed by atoms with van der Waals surface area (Å²) in [6, 6.07) is 0. The molecule has 1 spiro atoms. The summed E-state index contributed by atoms with van der Waals surface area (Å²) in [7, 11) is 1.47. The first kappa shape index (κ1) is 16.7. The maximum Gasteiger partial charge on any atom is 0.407 e. The van der Waals surface area contributed by atoms with Gasteiger partial charge in [-0.25, -0.2) is 4.79 Å². The third-order valence-electron chi connectivity index (χ3n) is 6.86. The normalized spacial score (nSPS) is 40.0. The van der Waals surface area contributed by atoms with E-state index in [9.17, 15) is 9.59 Å². The number of allylic oxidation sites excluding steroid dienone is 4. The number of ether oxygens (including phenoxy) is 2. The van der Waals surface area contributed by atoms with Gasteiger partial charge in [0.05, 0.1) is 18.6 Å². The van der Waals surface area contributed by atoms with E-state index in [2.05, 4.69) is 24.4 Å². The van der Waals surface area contributed by atoms with Gasteiger partial charge in [0, 0.05) is 0 Å². The first-order valence-electron chi connectivity index (χ1n) is 9.37. The topological polar surface area (TPSA) is 64.6 Å². The summed E-state index contributed by atoms with van der Waals surface area (Å²) in [5, 5.41) is 3.05. The lowest BCUT2D eigenvalue weighted by atomic mass is 9.66. The molecule has 1 amide bonds. The fraction of sp³-hybridized carbons (Fsp3) is 0.700. The molecule has 0 radical (unpaired) electrons. The molecule has 3 aliphatic carbocycles. The van der Waals surface area contributed by atoms with E-state index in [1.54, 1.807) is 0 Å². The van der Waals surface area contributed by atoms with Gasteiger partial charge >= 0.3 is 12.1 Å². The van der Waals surface area contributed by atoms with Gasteiger partial charge in [0.25, 0.3) is 0 Å². The number of hydrogen-bond acceptors (Lipinski definition) is 4. The second-order valence-corrected chi connectivity index (χ2v) is 8.49. The van der Waals surface area contributed by atoms with E-state index in [1.807, 2.05) is 0 Å². The fourth-order valence-electron chi connectivity index (χ4n) is 5.25. The van der Waals surface area contributed by atoms with Crippen molar-refractivity contribution in [3.63, 3.8) is 0 Å². The highest BCUT2D eigenvalue weighted by Gasteiger charge is 2.50. The third-order valence-corrected chi connectivity index (χ3v) is 6.86. The van der Waals surface area contributed by atoms with E-state index >= 15 is 0 Å². The van der Waals surface area contributed by atoms with Crippen LogP contribution in [0, 0.1) is 17.3 Å². The minimum absolute atomic E-state index is 0.0124. The molecule has 1 N–H and O–H groups in total. The van der Waals surface area contributed by atoms with E-state index in [0.29, 0.717) is 12.5 Å². The fourth-order valence-corrected chi connectivity index (χ4v) is 5.25. The molecule has 5 heteroatoms. The zero-order valence-electron chi connectivity index (χ0n) is 15.1. The molecule has 2 unspecified atom stereocenters. The maximum absolute atomic E-state index is 11.8. The Hall–Kier alpha value is -1.78. The number of carbonyl (C=O) groups excluding carboxylic acids is 2. The number of hydrogen-bond donors (Lipinski definition) is 1. The molecule has 1 saturated heterocycles. The van der Waals surface area contributed by atoms with Crippen LogP contribution in [0.2, 0.25) is 0 Å². The summed E-state index contributed by atoms with van der Waals surface area (Å²) in [6.07, 6.45) is 11.3. The summed E-state index contributed by atoms with van der Waals surface area (Å²) in [5.74, 6) is 0.486. The lowest BCUT2D eigenvalue weighted by molar-refractivity contribution is -0.145. The summed E-state index contributed by atoms with van der Waals surface area (Å²) >= 11 is 0. The molecule has 4 rings (SSSR count). The lowest BCUT2D eigenvalue weighted by Crippen LogP contribution is -2.41. The van der Waals surface area contributed by atoms with Gasteiger partial charge in [-0.3, -0.25) is 4.79 Å². The molecule has 0 aromatic carbocycles. The first-order valence-corrected chi connectivity index (χ1v) is 9.37. The second kappa shape index (κ2) is 5.89. The van der Waals surface area contributed by atoms with Gasteiger partial charge in [-0.1, -0.05) is 19.1 Å². The van der Waals surface area contributed by atoms with Crippen LogP contribution in [0.3, 0.4) is 0 Å². The predicted octanol–water partition coefficient (Wildman–Crippen LogP) is 3.50. The van der Waals surface area contributed by atoms with Gasteiger partial charge in [0.1, 0.15) is 6.61 Å². The third kappa shape index (κ3) is 2.87. The average molecular weight is 345 g/mol. The monoisotopic (exact) mass is 345 g/mol. The number of amides is 1. The van der Waals surface area contributed by atoms with Gasteiger partial charge in [0.2, 0.25) is 0 Å². The molecule has 2 saturated carbocycles. The molecule has 3 fully saturated rings. The Balaban J connectivity index is 1.47. The van der Waals surface area contributed by atoms with Gasteiger partial charge in [-0.05, 0) is 67.4 Å². The molecule has 136 valence electrons. The molecular formula is C20H27NO4. The largest absolute Gasteiger partial charge is 0.469 e. The highest BCUT2D eigenvalue weighted by molar-refractivity contribution is 5.73. The van der Waals surface area contributed by atoms with Crippen LogP contribution in [0.5, 0.6) is 0 Å². The number of esters is 1. The van der Waals surface area contributed by atoms with Crippen LogP contribution in [-0.4, -0.2) is 31.3 Å². The van der Waals surface area contributed by atoms with Gasteiger partial charge in [-0.15, -0.1) is 0 Å². The number of cyclic esters (lactones) is 1. The van der Waals surface area contributed by atoms with Gasteiger partial charge in [-0.2, -0.15) is 0 Å². The molecule has 1 heterocycles. The van der Waals surface area contributed by atoms with E-state index in [4.69, 9.17) is 9.47 Å². The van der Waals surface area contributed by atoms with Crippen LogP contribution in [0.15, 0.2) is 23.3 Å². The van der Waals surface area contributed by atoms with Crippen molar-refractivity contribution in [1.29, 1.82) is 0 Å². The van der Waals surface area contributed by atoms with Crippen molar-refractivity contribution in [3.8, 4) is 0 Å². The number of nitrogens with one attached hydrogen (secondary N) is 1. The molecule has 25 heavy (non-hydrogen) atoms. The molecule has 0 bridgehead atoms. The Kier molecular flexibility index (Phi) is 3.93. The van der Waals surface area contributed by atoms with E-state index in [1.165, 1.54) is 18.3 Å². The van der Waals surface area contributed by atoms with Crippen LogP contribution in [0.25, 0.3) is 0 Å². The lowest BCUT2D eigenvalue weighted by Gasteiger charge is -2.39. The second-order valence-electron chi connectivity index (χ2n) is 8.49. The highest BCUT2D eigenvalue weighted by atomic mass is 16.6. The minimum Gasteiger partial charge on any atom is -0.469 e. The quantitative estimate of drug-likeness (QED) is 0.778. The molecule has 5 nitrogen and oxygen atoms in total. The SMILES string of the molecule is COC(=O)C1CCC2=CC(C)([C@H]3CC[C@]4(COC(=O)N4)C3)CC=C2C1. The maximum atomic E-state index is 11.8. The highest BCUT2D eigenvalue weighted by Crippen LogP contribution is 2.52. The zero-order valence-corrected chi connectivity index (χ0v) is 15.1. The summed E-state index contributed by atoms with van der Waals surface area (Å²) in [6.45, 7) is 2.86. The zero-order chi connectivity index (χ0) is 17.7. The number of fused-ring (bicyclic) bond motifs is 1. The molecule has 4 aliphatic rings. The van der Waals surface area contributed by atoms with Crippen LogP contribution in [0.1, 0.15) is 51.9 Å². The van der Waals surface area contributed by atoms with Crippen LogP contribution in [0.4, 0.5) is 4.79 Å². The molecular weight excluding hydrogens is 318 g/mol. The van der Waals surface area contributed by atoms with Gasteiger partial charge < -0.3 is 14.8 Å². The van der Waals surface area contributed by atoms with Crippen molar-refractivity contribution in [3.05, 3.63) is 23.3 Å². The molecule has 0 aromatic heterocycles.